The third-order valence-corrected chi connectivity index (χ3v) is 2.84. The molecule has 0 aromatic heterocycles. The highest BCUT2D eigenvalue weighted by Crippen LogP contribution is 2.38. The predicted octanol–water partition coefficient (Wildman–Crippen LogP) is 3.48. The van der Waals surface area contributed by atoms with E-state index < -0.39 is 19.3 Å². The van der Waals surface area contributed by atoms with E-state index in [0.717, 1.165) is 12.3 Å². The number of ether oxygens (including phenoxy) is 1. The summed E-state index contributed by atoms with van der Waals surface area (Å²) in [7, 11) is -2.38. The summed E-state index contributed by atoms with van der Waals surface area (Å²) in [5, 5.41) is 5.13. The quantitative estimate of drug-likeness (QED) is 0.426. The molecule has 0 heterocycles. The number of nitriles is 1. The van der Waals surface area contributed by atoms with Crippen molar-refractivity contribution >= 4 is 19.9 Å². The van der Waals surface area contributed by atoms with Crippen LogP contribution in [0.2, 0.25) is 19.6 Å². The van der Waals surface area contributed by atoms with Crippen molar-refractivity contribution in [3.05, 3.63) is 12.3 Å². The van der Waals surface area contributed by atoms with Crippen LogP contribution in [-0.2, 0) is 9.16 Å². The first kappa shape index (κ1) is 16.4. The first-order chi connectivity index (χ1) is 7.58. The Bertz CT molecular complexity index is 320. The van der Waals surface area contributed by atoms with Gasteiger partial charge in [-0.15, -0.1) is 0 Å². The van der Waals surface area contributed by atoms with Crippen LogP contribution in [0.15, 0.2) is 12.3 Å². The summed E-state index contributed by atoms with van der Waals surface area (Å²) in [4.78, 5) is 0. The van der Waals surface area contributed by atoms with Gasteiger partial charge < -0.3 is 9.16 Å². The standard InChI is InChI=1S/C10H16ClF2NO2Si/c1-5-15-7-6-9(8-14,10(11,12)13)16-17(2,3)4/h6-7H,5H2,1-4H3/b7-6+. The minimum atomic E-state index is -3.82. The van der Waals surface area contributed by atoms with E-state index in [1.165, 1.54) is 6.07 Å². The Labute approximate surface area is 106 Å². The van der Waals surface area contributed by atoms with Crippen LogP contribution in [0.5, 0.6) is 0 Å². The molecule has 1 unspecified atom stereocenters. The van der Waals surface area contributed by atoms with Crippen molar-refractivity contribution in [1.82, 2.24) is 0 Å². The lowest BCUT2D eigenvalue weighted by molar-refractivity contribution is -0.0490. The van der Waals surface area contributed by atoms with Crippen LogP contribution in [0, 0.1) is 11.3 Å². The summed E-state index contributed by atoms with van der Waals surface area (Å²) in [5.41, 5.74) is -2.49. The van der Waals surface area contributed by atoms with E-state index in [1.54, 1.807) is 26.6 Å². The van der Waals surface area contributed by atoms with Gasteiger partial charge in [0.05, 0.1) is 12.9 Å². The van der Waals surface area contributed by atoms with Crippen LogP contribution in [0.25, 0.3) is 0 Å². The molecule has 0 amide bonds. The molecule has 0 spiro atoms. The molecular formula is C10H16ClF2NO2Si. The summed E-state index contributed by atoms with van der Waals surface area (Å²) in [6.45, 7) is 7.07. The fourth-order valence-electron chi connectivity index (χ4n) is 1.03. The number of nitrogens with zero attached hydrogens (tertiary/aromatic N) is 1. The Morgan fingerprint density at radius 2 is 1.94 bits per heavy atom. The molecule has 0 bridgehead atoms. The average Bonchev–Trinajstić information content (AvgIpc) is 2.12. The Morgan fingerprint density at radius 1 is 1.41 bits per heavy atom. The molecular weight excluding hydrogens is 268 g/mol. The molecule has 1 atom stereocenters. The van der Waals surface area contributed by atoms with E-state index in [4.69, 9.17) is 26.0 Å². The average molecular weight is 284 g/mol. The minimum absolute atomic E-state index is 0.304. The summed E-state index contributed by atoms with van der Waals surface area (Å²) in [6.07, 6.45) is 1.88. The fraction of sp³-hybridized carbons (Fsp3) is 0.700. The molecule has 0 saturated heterocycles. The van der Waals surface area contributed by atoms with Crippen molar-refractivity contribution in [3.8, 4) is 6.07 Å². The van der Waals surface area contributed by atoms with Gasteiger partial charge in [0.15, 0.2) is 8.32 Å². The second kappa shape index (κ2) is 5.80. The van der Waals surface area contributed by atoms with Gasteiger partial charge in [-0.2, -0.15) is 14.0 Å². The highest BCUT2D eigenvalue weighted by molar-refractivity contribution is 6.70. The first-order valence-electron chi connectivity index (χ1n) is 5.05. The molecule has 0 aliphatic carbocycles. The largest absolute Gasteiger partial charge is 0.502 e. The lowest BCUT2D eigenvalue weighted by atomic mass is 10.1. The van der Waals surface area contributed by atoms with E-state index in [-0.39, 0.29) is 0 Å². The molecule has 98 valence electrons. The first-order valence-corrected chi connectivity index (χ1v) is 8.84. The number of halogens is 3. The van der Waals surface area contributed by atoms with Crippen LogP contribution in [-0.4, -0.2) is 25.9 Å². The Hall–Kier alpha value is -0.643. The maximum Gasteiger partial charge on any atom is 0.366 e. The van der Waals surface area contributed by atoms with E-state index in [0.29, 0.717) is 6.61 Å². The number of rotatable bonds is 6. The summed E-state index contributed by atoms with van der Waals surface area (Å²) < 4.78 is 36.7. The molecule has 0 aliphatic rings. The zero-order valence-electron chi connectivity index (χ0n) is 10.3. The van der Waals surface area contributed by atoms with Crippen molar-refractivity contribution < 1.29 is 17.9 Å². The van der Waals surface area contributed by atoms with Crippen molar-refractivity contribution in [2.24, 2.45) is 0 Å². The third kappa shape index (κ3) is 5.02. The van der Waals surface area contributed by atoms with Crippen LogP contribution in [0.1, 0.15) is 6.92 Å². The molecule has 3 nitrogen and oxygen atoms in total. The third-order valence-electron chi connectivity index (χ3n) is 1.62. The van der Waals surface area contributed by atoms with Gasteiger partial charge in [0.25, 0.3) is 0 Å². The number of hydrogen-bond donors (Lipinski definition) is 0. The summed E-state index contributed by atoms with van der Waals surface area (Å²) >= 11 is 4.98. The zero-order valence-corrected chi connectivity index (χ0v) is 12.0. The topological polar surface area (TPSA) is 42.2 Å². The molecule has 0 fully saturated rings. The van der Waals surface area contributed by atoms with Crippen molar-refractivity contribution in [2.45, 2.75) is 37.5 Å². The van der Waals surface area contributed by atoms with Crippen LogP contribution >= 0.6 is 11.6 Å². The second-order valence-corrected chi connectivity index (χ2v) is 9.22. The maximum absolute atomic E-state index is 13.3. The van der Waals surface area contributed by atoms with E-state index in [1.807, 2.05) is 0 Å². The maximum atomic E-state index is 13.3. The lowest BCUT2D eigenvalue weighted by Gasteiger charge is -2.33. The molecule has 0 aromatic rings. The minimum Gasteiger partial charge on any atom is -0.502 e. The van der Waals surface area contributed by atoms with Gasteiger partial charge >= 0.3 is 5.38 Å². The Morgan fingerprint density at radius 3 is 2.24 bits per heavy atom. The molecule has 7 heteroatoms. The van der Waals surface area contributed by atoms with Crippen LogP contribution < -0.4 is 0 Å². The fourth-order valence-corrected chi connectivity index (χ4v) is 2.45. The smallest absolute Gasteiger partial charge is 0.366 e. The second-order valence-electron chi connectivity index (χ2n) is 4.32. The monoisotopic (exact) mass is 283 g/mol. The molecule has 0 aromatic carbocycles. The van der Waals surface area contributed by atoms with Gasteiger partial charge in [-0.05, 0) is 38.2 Å². The Kier molecular flexibility index (Phi) is 5.58. The molecule has 0 N–H and O–H groups in total. The van der Waals surface area contributed by atoms with E-state index in [2.05, 4.69) is 0 Å². The predicted molar refractivity (Wildman–Crippen MR) is 64.3 cm³/mol. The van der Waals surface area contributed by atoms with Gasteiger partial charge in [-0.3, -0.25) is 0 Å². The Balaban J connectivity index is 5.27. The summed E-state index contributed by atoms with van der Waals surface area (Å²) in [5.74, 6) is 0. The van der Waals surface area contributed by atoms with Crippen molar-refractivity contribution in [1.29, 1.82) is 5.26 Å². The zero-order chi connectivity index (χ0) is 13.7. The van der Waals surface area contributed by atoms with E-state index in [9.17, 15) is 8.78 Å². The molecule has 0 rings (SSSR count). The van der Waals surface area contributed by atoms with Gasteiger partial charge in [-0.1, -0.05) is 0 Å². The summed E-state index contributed by atoms with van der Waals surface area (Å²) in [6, 6.07) is 1.43. The van der Waals surface area contributed by atoms with Crippen molar-refractivity contribution in [2.75, 3.05) is 6.61 Å². The van der Waals surface area contributed by atoms with E-state index >= 15 is 0 Å². The molecule has 0 radical (unpaired) electrons. The van der Waals surface area contributed by atoms with Gasteiger partial charge in [0.2, 0.25) is 5.60 Å². The number of alkyl halides is 3. The van der Waals surface area contributed by atoms with Gasteiger partial charge in [-0.25, -0.2) is 0 Å². The molecule has 0 aliphatic heterocycles. The van der Waals surface area contributed by atoms with Gasteiger partial charge in [0.1, 0.15) is 6.07 Å². The lowest BCUT2D eigenvalue weighted by Crippen LogP contribution is -2.50. The SMILES string of the molecule is CCO/C=C/C(C#N)(O[Si](C)(C)C)C(F)(F)Cl. The molecule has 17 heavy (non-hydrogen) atoms. The molecule has 0 saturated carbocycles. The highest BCUT2D eigenvalue weighted by Gasteiger charge is 2.55. The van der Waals surface area contributed by atoms with Crippen LogP contribution in [0.3, 0.4) is 0 Å². The normalized spacial score (nSPS) is 16.6. The van der Waals surface area contributed by atoms with Gasteiger partial charge in [0, 0.05) is 6.08 Å². The van der Waals surface area contributed by atoms with Crippen LogP contribution in [0.4, 0.5) is 8.78 Å². The highest BCUT2D eigenvalue weighted by atomic mass is 35.5. The number of hydrogen-bond acceptors (Lipinski definition) is 3. The van der Waals surface area contributed by atoms with Crippen molar-refractivity contribution in [3.63, 3.8) is 0 Å².